The van der Waals surface area contributed by atoms with Gasteiger partial charge in [-0.2, -0.15) is 0 Å². The number of nitrogens with two attached hydrogens (primary N) is 1. The summed E-state index contributed by atoms with van der Waals surface area (Å²) in [7, 11) is 0. The van der Waals surface area contributed by atoms with Gasteiger partial charge in [0.05, 0.1) is 12.7 Å². The molecule has 0 radical (unpaired) electrons. The fraction of sp³-hybridized carbons (Fsp3) is 0.800. The lowest BCUT2D eigenvalue weighted by Gasteiger charge is -2.61. The number of rotatable bonds is 10. The zero-order chi connectivity index (χ0) is 29.5. The van der Waals surface area contributed by atoms with Crippen molar-refractivity contribution in [2.24, 2.45) is 34.3 Å². The summed E-state index contributed by atoms with van der Waals surface area (Å²) < 4.78 is 25.4. The number of hydrogen-bond acceptors (Lipinski definition) is 9. The third-order valence-electron chi connectivity index (χ3n) is 11.5. The van der Waals surface area contributed by atoms with E-state index in [-0.39, 0.29) is 78.3 Å². The van der Waals surface area contributed by atoms with E-state index >= 15 is 0 Å². The third-order valence-corrected chi connectivity index (χ3v) is 11.5. The molecule has 3 aliphatic heterocycles. The molecule has 2 saturated carbocycles. The summed E-state index contributed by atoms with van der Waals surface area (Å²) in [5.74, 6) is -1.43. The van der Waals surface area contributed by atoms with Gasteiger partial charge in [-0.15, -0.1) is 0 Å². The zero-order valence-electron chi connectivity index (χ0n) is 24.3. The van der Waals surface area contributed by atoms with Gasteiger partial charge in [0.15, 0.2) is 0 Å². The molecule has 0 aromatic rings. The molecule has 9 atom stereocenters. The Balaban J connectivity index is 1.15. The van der Waals surface area contributed by atoms with Crippen molar-refractivity contribution in [3.63, 3.8) is 0 Å². The van der Waals surface area contributed by atoms with Crippen molar-refractivity contribution >= 4 is 23.8 Å². The maximum atomic E-state index is 13.3. The molecule has 6 rings (SSSR count). The Hall–Kier alpha value is -2.50. The van der Waals surface area contributed by atoms with E-state index in [1.165, 1.54) is 0 Å². The number of carbonyl (C=O) groups excluding carboxylic acids is 3. The number of carboxylic acid groups (broad SMARTS) is 1. The van der Waals surface area contributed by atoms with Crippen molar-refractivity contribution in [3.05, 3.63) is 11.1 Å². The third kappa shape index (κ3) is 3.87. The predicted octanol–water partition coefficient (Wildman–Crippen LogP) is 1.86. The minimum Gasteiger partial charge on any atom is -0.480 e. The van der Waals surface area contributed by atoms with Gasteiger partial charge in [-0.3, -0.25) is 14.4 Å². The highest BCUT2D eigenvalue weighted by atomic mass is 16.7. The number of esters is 2. The highest BCUT2D eigenvalue weighted by Crippen LogP contribution is 2.82. The van der Waals surface area contributed by atoms with Crippen LogP contribution in [0.2, 0.25) is 0 Å². The number of hydrogen-bond donors (Lipinski definition) is 3. The summed E-state index contributed by atoms with van der Waals surface area (Å²) in [6, 6.07) is -1.08. The predicted molar refractivity (Wildman–Crippen MR) is 143 cm³/mol. The van der Waals surface area contributed by atoms with Gasteiger partial charge in [-0.1, -0.05) is 20.8 Å². The van der Waals surface area contributed by atoms with Crippen LogP contribution in [0.25, 0.3) is 0 Å². The van der Waals surface area contributed by atoms with Crippen LogP contribution < -0.4 is 11.1 Å². The van der Waals surface area contributed by atoms with Gasteiger partial charge < -0.3 is 35.1 Å². The van der Waals surface area contributed by atoms with E-state index in [2.05, 4.69) is 33.0 Å². The van der Waals surface area contributed by atoms with Crippen molar-refractivity contribution in [2.45, 2.75) is 102 Å². The molecular weight excluding hydrogens is 532 g/mol. The number of nitrogens with one attached hydrogen (secondary N) is 1. The normalized spacial score (nSPS) is 42.1. The summed E-state index contributed by atoms with van der Waals surface area (Å²) in [6.45, 7) is 9.70. The molecule has 11 heteroatoms. The number of epoxide rings is 1. The Morgan fingerprint density at radius 1 is 1.22 bits per heavy atom. The van der Waals surface area contributed by atoms with E-state index in [1.807, 2.05) is 0 Å². The summed E-state index contributed by atoms with van der Waals surface area (Å²) in [4.78, 5) is 48.5. The van der Waals surface area contributed by atoms with Crippen molar-refractivity contribution in [3.8, 4) is 0 Å². The van der Waals surface area contributed by atoms with Crippen LogP contribution in [-0.4, -0.2) is 78.1 Å². The molecule has 2 saturated heterocycles. The molecule has 11 nitrogen and oxygen atoms in total. The maximum absolute atomic E-state index is 13.3. The number of ether oxygens (including phenoxy) is 4. The Morgan fingerprint density at radius 2 is 1.98 bits per heavy atom. The lowest BCUT2D eigenvalue weighted by molar-refractivity contribution is -0.265. The number of carboxylic acids is 1. The SMILES string of the molecule is CC(C)[C@]12C[C@H]1[C@@H]1O[C@@]13[C@@]1(C)CCC4=C(COC4=O)C1CO[C@]3(C)[C@@H]2OC(=O)CCCNC(=O)CC[C@H](N)C(=O)O. The summed E-state index contributed by atoms with van der Waals surface area (Å²) >= 11 is 0. The van der Waals surface area contributed by atoms with Crippen LogP contribution in [0, 0.1) is 28.6 Å². The first-order chi connectivity index (χ1) is 19.3. The number of amides is 1. The van der Waals surface area contributed by atoms with Crippen molar-refractivity contribution in [1.82, 2.24) is 5.32 Å². The summed E-state index contributed by atoms with van der Waals surface area (Å²) in [5, 5.41) is 11.6. The van der Waals surface area contributed by atoms with Gasteiger partial charge in [-0.05, 0) is 56.4 Å². The largest absolute Gasteiger partial charge is 0.480 e. The lowest BCUT2D eigenvalue weighted by Crippen LogP contribution is -2.73. The molecule has 4 fully saturated rings. The van der Waals surface area contributed by atoms with Crippen LogP contribution in [0.1, 0.15) is 72.6 Å². The Labute approximate surface area is 239 Å². The lowest BCUT2D eigenvalue weighted by atomic mass is 9.49. The van der Waals surface area contributed by atoms with E-state index in [0.29, 0.717) is 26.1 Å². The number of aliphatic carboxylic acids is 1. The topological polar surface area (TPSA) is 167 Å². The van der Waals surface area contributed by atoms with Crippen molar-refractivity contribution in [2.75, 3.05) is 19.8 Å². The molecule has 0 bridgehead atoms. The Morgan fingerprint density at radius 3 is 2.68 bits per heavy atom. The van der Waals surface area contributed by atoms with Crippen molar-refractivity contribution in [1.29, 1.82) is 0 Å². The molecule has 1 amide bonds. The van der Waals surface area contributed by atoms with Crippen LogP contribution in [-0.2, 0) is 38.1 Å². The second-order valence-corrected chi connectivity index (χ2v) is 13.6. The number of cyclic esters (lactones) is 1. The average molecular weight is 575 g/mol. The second-order valence-electron chi connectivity index (χ2n) is 13.6. The molecule has 3 heterocycles. The fourth-order valence-corrected chi connectivity index (χ4v) is 9.15. The summed E-state index contributed by atoms with van der Waals surface area (Å²) in [6.07, 6.45) is 2.51. The Kier molecular flexibility index (Phi) is 6.63. The molecule has 4 N–H and O–H groups in total. The van der Waals surface area contributed by atoms with E-state index in [1.54, 1.807) is 0 Å². The molecule has 0 aromatic heterocycles. The van der Waals surface area contributed by atoms with Gasteiger partial charge in [0, 0.05) is 41.7 Å². The Bertz CT molecular complexity index is 1220. The van der Waals surface area contributed by atoms with E-state index in [9.17, 15) is 19.2 Å². The quantitative estimate of drug-likeness (QED) is 0.199. The number of fused-ring (bicyclic) bond motifs is 4. The summed E-state index contributed by atoms with van der Waals surface area (Å²) in [5.41, 5.74) is 5.36. The first-order valence-corrected chi connectivity index (χ1v) is 15.0. The highest BCUT2D eigenvalue weighted by Gasteiger charge is 2.92. The van der Waals surface area contributed by atoms with Gasteiger partial charge in [-0.25, -0.2) is 4.79 Å². The van der Waals surface area contributed by atoms with Crippen molar-refractivity contribution < 1.29 is 43.2 Å². The van der Waals surface area contributed by atoms with E-state index in [4.69, 9.17) is 29.8 Å². The van der Waals surface area contributed by atoms with Crippen LogP contribution in [0.15, 0.2) is 11.1 Å². The fourth-order valence-electron chi connectivity index (χ4n) is 9.15. The minimum atomic E-state index is -1.14. The molecule has 1 unspecified atom stereocenters. The van der Waals surface area contributed by atoms with E-state index in [0.717, 1.165) is 24.0 Å². The smallest absolute Gasteiger partial charge is 0.334 e. The van der Waals surface area contributed by atoms with Crippen LogP contribution in [0.5, 0.6) is 0 Å². The molecule has 3 aliphatic carbocycles. The molecular formula is C30H42N2O9. The minimum absolute atomic E-state index is 0.00959. The van der Waals surface area contributed by atoms with Gasteiger partial charge in [0.1, 0.15) is 30.0 Å². The highest BCUT2D eigenvalue weighted by molar-refractivity contribution is 5.92. The number of carbonyl (C=O) groups is 4. The van der Waals surface area contributed by atoms with Gasteiger partial charge >= 0.3 is 17.9 Å². The molecule has 0 aromatic carbocycles. The molecule has 41 heavy (non-hydrogen) atoms. The molecule has 6 aliphatic rings. The van der Waals surface area contributed by atoms with Crippen LogP contribution in [0.3, 0.4) is 0 Å². The van der Waals surface area contributed by atoms with E-state index < -0.39 is 29.3 Å². The standard InChI is InChI=1S/C30H42N2O9/c1-15(2)29-12-18(29)23-30(41-23)27(3)10-9-16-17(13-38-25(16)37)19(27)14-39-28(30,4)26(29)40-22(34)6-5-11-32-21(33)8-7-20(31)24(35)36/h15,18-20,23,26H,5-14,31H2,1-4H3,(H,32,33)(H,35,36)/t18-,19?,20-,23-,26-,27-,28+,29+,30+/m0/s1. The molecule has 226 valence electrons. The first kappa shape index (κ1) is 28.6. The van der Waals surface area contributed by atoms with Crippen LogP contribution in [0.4, 0.5) is 0 Å². The zero-order valence-corrected chi connectivity index (χ0v) is 24.3. The van der Waals surface area contributed by atoms with Gasteiger partial charge in [0.2, 0.25) is 5.91 Å². The molecule has 1 spiro atoms. The average Bonchev–Trinajstić information content (AvgIpc) is 3.81. The van der Waals surface area contributed by atoms with Crippen LogP contribution >= 0.6 is 0 Å². The maximum Gasteiger partial charge on any atom is 0.334 e. The second kappa shape index (κ2) is 9.50. The van der Waals surface area contributed by atoms with Gasteiger partial charge in [0.25, 0.3) is 0 Å². The first-order valence-electron chi connectivity index (χ1n) is 15.0. The monoisotopic (exact) mass is 574 g/mol.